The first-order chi connectivity index (χ1) is 13.2. The Hall–Kier alpha value is -2.62. The average Bonchev–Trinajstić information content (AvgIpc) is 2.63. The molecule has 0 aliphatic carbocycles. The summed E-state index contributed by atoms with van der Waals surface area (Å²) in [4.78, 5) is 24.8. The zero-order valence-electron chi connectivity index (χ0n) is 15.3. The molecule has 2 amide bonds. The average molecular weight is 426 g/mol. The molecule has 0 fully saturated rings. The molecule has 0 aliphatic rings. The number of carbonyl (C=O) groups is 2. The van der Waals surface area contributed by atoms with Gasteiger partial charge in [0.1, 0.15) is 0 Å². The standard InChI is InChI=1S/C18H20ClN3O5S/c1-27-10-9-20-18(24)13-5-3-4-6-15(13)21-17(23)12-7-8-16(14(19)11-12)22-28(2,25)26/h3-8,11,22H,9-10H2,1-2H3,(H,20,24)(H,21,23). The van der Waals surface area contributed by atoms with E-state index in [9.17, 15) is 18.0 Å². The number of rotatable bonds is 8. The fourth-order valence-electron chi connectivity index (χ4n) is 2.29. The van der Waals surface area contributed by atoms with Crippen molar-refractivity contribution in [3.63, 3.8) is 0 Å². The monoisotopic (exact) mass is 425 g/mol. The maximum Gasteiger partial charge on any atom is 0.255 e. The minimum absolute atomic E-state index is 0.0728. The van der Waals surface area contributed by atoms with Crippen molar-refractivity contribution in [1.29, 1.82) is 0 Å². The third kappa shape index (κ3) is 6.22. The SMILES string of the molecule is COCCNC(=O)c1ccccc1NC(=O)c1ccc(NS(C)(=O)=O)c(Cl)c1. The van der Waals surface area contributed by atoms with E-state index in [1.807, 2.05) is 0 Å². The van der Waals surface area contributed by atoms with Crippen LogP contribution in [0.3, 0.4) is 0 Å². The molecule has 0 aromatic heterocycles. The van der Waals surface area contributed by atoms with Crippen LogP contribution in [0.25, 0.3) is 0 Å². The summed E-state index contributed by atoms with van der Waals surface area (Å²) >= 11 is 6.05. The Morgan fingerprint density at radius 2 is 1.79 bits per heavy atom. The smallest absolute Gasteiger partial charge is 0.255 e. The maximum atomic E-state index is 12.5. The Kier molecular flexibility index (Phi) is 7.38. The number of amides is 2. The van der Waals surface area contributed by atoms with Crippen LogP contribution in [-0.4, -0.2) is 46.7 Å². The highest BCUT2D eigenvalue weighted by molar-refractivity contribution is 7.92. The van der Waals surface area contributed by atoms with Crippen LogP contribution in [0.15, 0.2) is 42.5 Å². The molecule has 0 aliphatic heterocycles. The van der Waals surface area contributed by atoms with Gasteiger partial charge < -0.3 is 15.4 Å². The van der Waals surface area contributed by atoms with E-state index >= 15 is 0 Å². The van der Waals surface area contributed by atoms with Gasteiger partial charge in [0.25, 0.3) is 11.8 Å². The molecule has 28 heavy (non-hydrogen) atoms. The molecule has 150 valence electrons. The zero-order valence-corrected chi connectivity index (χ0v) is 16.9. The maximum absolute atomic E-state index is 12.5. The van der Waals surface area contributed by atoms with Crippen LogP contribution in [0.5, 0.6) is 0 Å². The molecule has 0 spiro atoms. The molecule has 0 saturated carbocycles. The minimum atomic E-state index is -3.49. The number of halogens is 1. The van der Waals surface area contributed by atoms with Gasteiger partial charge in [-0.05, 0) is 30.3 Å². The van der Waals surface area contributed by atoms with Gasteiger partial charge in [-0.3, -0.25) is 14.3 Å². The second-order valence-corrected chi connectivity index (χ2v) is 7.97. The fourth-order valence-corrected chi connectivity index (χ4v) is 3.15. The molecule has 3 N–H and O–H groups in total. The summed E-state index contributed by atoms with van der Waals surface area (Å²) in [5.74, 6) is -0.844. The van der Waals surface area contributed by atoms with Crippen LogP contribution < -0.4 is 15.4 Å². The van der Waals surface area contributed by atoms with Gasteiger partial charge in [-0.1, -0.05) is 23.7 Å². The predicted molar refractivity (Wildman–Crippen MR) is 109 cm³/mol. The lowest BCUT2D eigenvalue weighted by atomic mass is 10.1. The van der Waals surface area contributed by atoms with Crippen LogP contribution >= 0.6 is 11.6 Å². The lowest BCUT2D eigenvalue weighted by molar-refractivity contribution is 0.0938. The largest absolute Gasteiger partial charge is 0.383 e. The summed E-state index contributed by atoms with van der Waals surface area (Å²) in [6, 6.07) is 10.7. The first-order valence-electron chi connectivity index (χ1n) is 8.16. The van der Waals surface area contributed by atoms with Crippen molar-refractivity contribution < 1.29 is 22.7 Å². The van der Waals surface area contributed by atoms with Gasteiger partial charge in [-0.2, -0.15) is 0 Å². The molecular weight excluding hydrogens is 406 g/mol. The van der Waals surface area contributed by atoms with E-state index in [1.165, 1.54) is 25.3 Å². The fraction of sp³-hybridized carbons (Fsp3) is 0.222. The van der Waals surface area contributed by atoms with Crippen molar-refractivity contribution in [3.05, 3.63) is 58.6 Å². The highest BCUT2D eigenvalue weighted by atomic mass is 35.5. The molecule has 8 nitrogen and oxygen atoms in total. The molecule has 0 bridgehead atoms. The number of hydrogen-bond acceptors (Lipinski definition) is 5. The van der Waals surface area contributed by atoms with Crippen molar-refractivity contribution in [3.8, 4) is 0 Å². The van der Waals surface area contributed by atoms with Crippen LogP contribution in [0.1, 0.15) is 20.7 Å². The van der Waals surface area contributed by atoms with Gasteiger partial charge in [0, 0.05) is 19.2 Å². The van der Waals surface area contributed by atoms with E-state index in [0.29, 0.717) is 24.4 Å². The van der Waals surface area contributed by atoms with E-state index < -0.39 is 15.9 Å². The summed E-state index contributed by atoms with van der Waals surface area (Å²) in [5.41, 5.74) is 1.00. The van der Waals surface area contributed by atoms with Gasteiger partial charge in [0.2, 0.25) is 10.0 Å². The molecule has 2 aromatic rings. The second kappa shape index (κ2) is 9.54. The van der Waals surface area contributed by atoms with E-state index in [0.717, 1.165) is 6.26 Å². The number of hydrogen-bond donors (Lipinski definition) is 3. The molecule has 0 saturated heterocycles. The van der Waals surface area contributed by atoms with Crippen LogP contribution in [0.4, 0.5) is 11.4 Å². The number of sulfonamides is 1. The number of methoxy groups -OCH3 is 1. The van der Waals surface area contributed by atoms with Crippen LogP contribution in [0.2, 0.25) is 5.02 Å². The topological polar surface area (TPSA) is 114 Å². The quantitative estimate of drug-likeness (QED) is 0.562. The summed E-state index contributed by atoms with van der Waals surface area (Å²) in [5, 5.41) is 5.43. The zero-order chi connectivity index (χ0) is 20.7. The molecule has 2 aromatic carbocycles. The Morgan fingerprint density at radius 3 is 2.43 bits per heavy atom. The molecule has 0 heterocycles. The van der Waals surface area contributed by atoms with E-state index in [1.54, 1.807) is 24.3 Å². The number of carbonyl (C=O) groups excluding carboxylic acids is 2. The highest BCUT2D eigenvalue weighted by Crippen LogP contribution is 2.25. The summed E-state index contributed by atoms with van der Waals surface area (Å²) in [7, 11) is -1.96. The van der Waals surface area contributed by atoms with Crippen LogP contribution in [0, 0.1) is 0 Å². The summed E-state index contributed by atoms with van der Waals surface area (Å²) in [6.45, 7) is 0.703. The molecule has 0 unspecified atom stereocenters. The number of ether oxygens (including phenoxy) is 1. The van der Waals surface area contributed by atoms with Gasteiger partial charge in [0.05, 0.1) is 34.8 Å². The molecular formula is C18H20ClN3O5S. The van der Waals surface area contributed by atoms with Crippen molar-refractivity contribution in [2.45, 2.75) is 0 Å². The number of benzene rings is 2. The van der Waals surface area contributed by atoms with Crippen LogP contribution in [-0.2, 0) is 14.8 Å². The Bertz CT molecular complexity index is 979. The minimum Gasteiger partial charge on any atom is -0.383 e. The number of nitrogens with one attached hydrogen (secondary N) is 3. The van der Waals surface area contributed by atoms with E-state index in [4.69, 9.17) is 16.3 Å². The molecule has 0 atom stereocenters. The third-order valence-electron chi connectivity index (χ3n) is 3.54. The lowest BCUT2D eigenvalue weighted by Gasteiger charge is -2.12. The molecule has 0 radical (unpaired) electrons. The van der Waals surface area contributed by atoms with Gasteiger partial charge >= 0.3 is 0 Å². The first kappa shape index (κ1) is 21.7. The predicted octanol–water partition coefficient (Wildman–Crippen LogP) is 2.34. The van der Waals surface area contributed by atoms with Crippen molar-refractivity contribution in [2.24, 2.45) is 0 Å². The van der Waals surface area contributed by atoms with Crippen molar-refractivity contribution >= 4 is 44.8 Å². The van der Waals surface area contributed by atoms with E-state index in [2.05, 4.69) is 15.4 Å². The third-order valence-corrected chi connectivity index (χ3v) is 4.44. The first-order valence-corrected chi connectivity index (χ1v) is 10.4. The number of anilines is 2. The molecule has 10 heteroatoms. The summed E-state index contributed by atoms with van der Waals surface area (Å²) < 4.78 is 29.8. The Labute approximate surface area is 168 Å². The normalized spacial score (nSPS) is 11.0. The Balaban J connectivity index is 2.17. The highest BCUT2D eigenvalue weighted by Gasteiger charge is 2.15. The number of para-hydroxylation sites is 1. The van der Waals surface area contributed by atoms with Crippen molar-refractivity contribution in [2.75, 3.05) is 36.6 Å². The van der Waals surface area contributed by atoms with Gasteiger partial charge in [0.15, 0.2) is 0 Å². The van der Waals surface area contributed by atoms with Crippen molar-refractivity contribution in [1.82, 2.24) is 5.32 Å². The van der Waals surface area contributed by atoms with E-state index in [-0.39, 0.29) is 22.2 Å². The lowest BCUT2D eigenvalue weighted by Crippen LogP contribution is -2.28. The second-order valence-electron chi connectivity index (χ2n) is 5.82. The summed E-state index contributed by atoms with van der Waals surface area (Å²) in [6.07, 6.45) is 0.999. The van der Waals surface area contributed by atoms with Gasteiger partial charge in [-0.15, -0.1) is 0 Å². The van der Waals surface area contributed by atoms with Gasteiger partial charge in [-0.25, -0.2) is 8.42 Å². The Morgan fingerprint density at radius 1 is 1.07 bits per heavy atom. The molecule has 2 rings (SSSR count).